The van der Waals surface area contributed by atoms with Crippen LogP contribution in [0.1, 0.15) is 27.7 Å². The van der Waals surface area contributed by atoms with Crippen molar-refractivity contribution < 1.29 is 14.9 Å². The average molecular weight is 148 g/mol. The molecule has 0 unspecified atom stereocenters. The predicted molar refractivity (Wildman–Crippen MR) is 38.2 cm³/mol. The highest BCUT2D eigenvalue weighted by molar-refractivity contribution is 4.59. The SMILES string of the molecule is CC(C)(C)COC(C)(O)O. The van der Waals surface area contributed by atoms with Crippen LogP contribution < -0.4 is 0 Å². The van der Waals surface area contributed by atoms with E-state index in [0.29, 0.717) is 6.61 Å². The smallest absolute Gasteiger partial charge is 0.274 e. The van der Waals surface area contributed by atoms with Gasteiger partial charge >= 0.3 is 0 Å². The molecule has 2 N–H and O–H groups in total. The van der Waals surface area contributed by atoms with Gasteiger partial charge in [-0.1, -0.05) is 20.8 Å². The lowest BCUT2D eigenvalue weighted by molar-refractivity contribution is -0.331. The zero-order valence-corrected chi connectivity index (χ0v) is 7.01. The minimum atomic E-state index is -1.99. The Labute approximate surface area is 61.6 Å². The lowest BCUT2D eigenvalue weighted by Crippen LogP contribution is -2.31. The van der Waals surface area contributed by atoms with Gasteiger partial charge in [0.15, 0.2) is 0 Å². The molecule has 0 rings (SSSR count). The molecule has 0 aromatic rings. The number of aliphatic hydroxyl groups is 2. The van der Waals surface area contributed by atoms with E-state index in [0.717, 1.165) is 0 Å². The van der Waals surface area contributed by atoms with Crippen molar-refractivity contribution in [3.05, 3.63) is 0 Å². The molecule has 3 heteroatoms. The Morgan fingerprint density at radius 1 is 1.10 bits per heavy atom. The summed E-state index contributed by atoms with van der Waals surface area (Å²) in [5.41, 5.74) is -0.0350. The molecule has 0 radical (unpaired) electrons. The van der Waals surface area contributed by atoms with Gasteiger partial charge in [-0.3, -0.25) is 0 Å². The van der Waals surface area contributed by atoms with Gasteiger partial charge in [-0.15, -0.1) is 0 Å². The summed E-state index contributed by atoms with van der Waals surface area (Å²) in [6.07, 6.45) is 0. The molecule has 0 bridgehead atoms. The third-order valence-electron chi connectivity index (χ3n) is 0.779. The van der Waals surface area contributed by atoms with Crippen LogP contribution in [-0.4, -0.2) is 22.8 Å². The molecule has 0 aromatic carbocycles. The van der Waals surface area contributed by atoms with Crippen LogP contribution >= 0.6 is 0 Å². The highest BCUT2D eigenvalue weighted by Gasteiger charge is 2.20. The molecule has 0 amide bonds. The second kappa shape index (κ2) is 2.86. The van der Waals surface area contributed by atoms with Gasteiger partial charge in [0.1, 0.15) is 0 Å². The van der Waals surface area contributed by atoms with E-state index in [9.17, 15) is 0 Å². The maximum atomic E-state index is 8.71. The zero-order valence-electron chi connectivity index (χ0n) is 7.01. The standard InChI is InChI=1S/C7H16O3/c1-6(2,3)5-10-7(4,8)9/h8-9H,5H2,1-4H3. The van der Waals surface area contributed by atoms with Crippen LogP contribution in [-0.2, 0) is 4.74 Å². The van der Waals surface area contributed by atoms with Crippen LogP contribution in [0.3, 0.4) is 0 Å². The highest BCUT2D eigenvalue weighted by atomic mass is 16.8. The topological polar surface area (TPSA) is 49.7 Å². The first-order valence-corrected chi connectivity index (χ1v) is 3.29. The Morgan fingerprint density at radius 3 is 1.60 bits per heavy atom. The van der Waals surface area contributed by atoms with Gasteiger partial charge in [0.05, 0.1) is 6.61 Å². The fourth-order valence-electron chi connectivity index (χ4n) is 0.353. The predicted octanol–water partition coefficient (Wildman–Crippen LogP) is 0.707. The Bertz CT molecular complexity index is 82.4. The average Bonchev–Trinajstić information content (AvgIpc) is 1.57. The highest BCUT2D eigenvalue weighted by Crippen LogP contribution is 2.15. The third kappa shape index (κ3) is 7.88. The summed E-state index contributed by atoms with van der Waals surface area (Å²) in [5, 5.41) is 17.4. The lowest BCUT2D eigenvalue weighted by Gasteiger charge is -2.23. The van der Waals surface area contributed by atoms with Gasteiger partial charge in [-0.25, -0.2) is 0 Å². The van der Waals surface area contributed by atoms with Crippen molar-refractivity contribution in [1.82, 2.24) is 0 Å². The van der Waals surface area contributed by atoms with Crippen molar-refractivity contribution in [2.24, 2.45) is 5.41 Å². The van der Waals surface area contributed by atoms with Gasteiger partial charge in [-0.2, -0.15) is 0 Å². The number of hydrogen-bond acceptors (Lipinski definition) is 3. The second-order valence-electron chi connectivity index (χ2n) is 3.78. The molecule has 3 nitrogen and oxygen atoms in total. The molecular weight excluding hydrogens is 132 g/mol. The Balaban J connectivity index is 3.56. The van der Waals surface area contributed by atoms with Crippen molar-refractivity contribution in [2.75, 3.05) is 6.61 Å². The van der Waals surface area contributed by atoms with E-state index in [1.807, 2.05) is 20.8 Å². The van der Waals surface area contributed by atoms with Crippen LogP contribution in [0.5, 0.6) is 0 Å². The maximum absolute atomic E-state index is 8.71. The molecule has 0 saturated carbocycles. The van der Waals surface area contributed by atoms with Crippen LogP contribution in [0, 0.1) is 5.41 Å². The molecule has 0 atom stereocenters. The monoisotopic (exact) mass is 148 g/mol. The molecular formula is C7H16O3. The van der Waals surface area contributed by atoms with E-state index in [2.05, 4.69) is 0 Å². The van der Waals surface area contributed by atoms with Gasteiger partial charge in [0, 0.05) is 6.92 Å². The van der Waals surface area contributed by atoms with Crippen LogP contribution in [0.25, 0.3) is 0 Å². The van der Waals surface area contributed by atoms with E-state index in [4.69, 9.17) is 14.9 Å². The van der Waals surface area contributed by atoms with Gasteiger partial charge < -0.3 is 14.9 Å². The molecule has 0 aliphatic heterocycles. The van der Waals surface area contributed by atoms with Gasteiger partial charge in [0.2, 0.25) is 0 Å². The van der Waals surface area contributed by atoms with Crippen molar-refractivity contribution in [3.63, 3.8) is 0 Å². The van der Waals surface area contributed by atoms with E-state index in [1.54, 1.807) is 0 Å². The molecule has 10 heavy (non-hydrogen) atoms. The van der Waals surface area contributed by atoms with E-state index in [1.165, 1.54) is 6.92 Å². The summed E-state index contributed by atoms with van der Waals surface area (Å²) in [6, 6.07) is 0. The van der Waals surface area contributed by atoms with Crippen molar-refractivity contribution in [1.29, 1.82) is 0 Å². The minimum absolute atomic E-state index is 0.0350. The van der Waals surface area contributed by atoms with Gasteiger partial charge in [0.25, 0.3) is 5.97 Å². The van der Waals surface area contributed by atoms with Crippen LogP contribution in [0.4, 0.5) is 0 Å². The van der Waals surface area contributed by atoms with Crippen molar-refractivity contribution >= 4 is 0 Å². The van der Waals surface area contributed by atoms with Crippen LogP contribution in [0.15, 0.2) is 0 Å². The first-order chi connectivity index (χ1) is 4.21. The second-order valence-corrected chi connectivity index (χ2v) is 3.78. The number of hydrogen-bond donors (Lipinski definition) is 2. The normalized spacial score (nSPS) is 13.8. The first kappa shape index (κ1) is 9.88. The molecule has 62 valence electrons. The molecule has 0 spiro atoms. The van der Waals surface area contributed by atoms with E-state index >= 15 is 0 Å². The fraction of sp³-hybridized carbons (Fsp3) is 1.00. The summed E-state index contributed by atoms with van der Waals surface area (Å²) in [4.78, 5) is 0. The minimum Gasteiger partial charge on any atom is -0.344 e. The molecule has 0 heterocycles. The molecule has 0 aliphatic rings. The third-order valence-corrected chi connectivity index (χ3v) is 0.779. The van der Waals surface area contributed by atoms with E-state index in [-0.39, 0.29) is 5.41 Å². The number of rotatable bonds is 2. The first-order valence-electron chi connectivity index (χ1n) is 3.29. The fourth-order valence-corrected chi connectivity index (χ4v) is 0.353. The van der Waals surface area contributed by atoms with Gasteiger partial charge in [-0.05, 0) is 5.41 Å². The van der Waals surface area contributed by atoms with Crippen molar-refractivity contribution in [3.8, 4) is 0 Å². The summed E-state index contributed by atoms with van der Waals surface area (Å²) in [6.45, 7) is 7.39. The Morgan fingerprint density at radius 2 is 1.50 bits per heavy atom. The summed E-state index contributed by atoms with van der Waals surface area (Å²) in [5.74, 6) is -1.99. The maximum Gasteiger partial charge on any atom is 0.274 e. The molecule has 0 fully saturated rings. The summed E-state index contributed by atoms with van der Waals surface area (Å²) < 4.78 is 4.70. The lowest BCUT2D eigenvalue weighted by atomic mass is 9.99. The molecule has 0 saturated heterocycles. The Hall–Kier alpha value is -0.120. The largest absolute Gasteiger partial charge is 0.344 e. The van der Waals surface area contributed by atoms with E-state index < -0.39 is 5.97 Å². The zero-order chi connectivity index (χ0) is 8.41. The Kier molecular flexibility index (Phi) is 2.83. The molecule has 0 aromatic heterocycles. The quantitative estimate of drug-likeness (QED) is 0.567. The van der Waals surface area contributed by atoms with Crippen LogP contribution in [0.2, 0.25) is 0 Å². The summed E-state index contributed by atoms with van der Waals surface area (Å²) in [7, 11) is 0. The molecule has 0 aliphatic carbocycles. The number of ether oxygens (including phenoxy) is 1. The van der Waals surface area contributed by atoms with Crippen molar-refractivity contribution in [2.45, 2.75) is 33.7 Å². The summed E-state index contributed by atoms with van der Waals surface area (Å²) >= 11 is 0.